The molecule has 7 aliphatic rings. The van der Waals surface area contributed by atoms with Crippen LogP contribution < -0.4 is 4.74 Å². The van der Waals surface area contributed by atoms with Gasteiger partial charge in [0.2, 0.25) is 0 Å². The van der Waals surface area contributed by atoms with Crippen molar-refractivity contribution in [2.75, 3.05) is 34.0 Å². The van der Waals surface area contributed by atoms with E-state index in [2.05, 4.69) is 82.7 Å². The molecule has 5 saturated carbocycles. The average molecular weight is 1330 g/mol. The minimum absolute atomic E-state index is 0.00133. The first-order valence-corrected chi connectivity index (χ1v) is 43.8. The van der Waals surface area contributed by atoms with E-state index < -0.39 is 109 Å². The predicted octanol–water partition coefficient (Wildman–Crippen LogP) is 15.3. The van der Waals surface area contributed by atoms with Crippen molar-refractivity contribution in [1.82, 2.24) is 0 Å². The van der Waals surface area contributed by atoms with Crippen LogP contribution >= 0.6 is 0 Å². The van der Waals surface area contributed by atoms with Crippen LogP contribution in [0, 0.1) is 45.8 Å². The third-order valence-electron chi connectivity index (χ3n) is 25.6. The first-order chi connectivity index (χ1) is 43.6. The molecule has 1 N–H and O–H groups in total. The minimum atomic E-state index is -2.52. The minimum Gasteiger partial charge on any atom is -0.497 e. The summed E-state index contributed by atoms with van der Waals surface area (Å²) in [4.78, 5) is 42.5. The number of aliphatic hydroxyl groups is 1. The van der Waals surface area contributed by atoms with Crippen molar-refractivity contribution in [1.29, 1.82) is 0 Å². The summed E-state index contributed by atoms with van der Waals surface area (Å²) < 4.78 is 83.1. The van der Waals surface area contributed by atoms with E-state index in [4.69, 9.17) is 55.9 Å². The number of carbonyl (C=O) groups excluding carboxylic acids is 3. The SMILES string of the molecule is C=CCCCCCCCCC(=O)OC[C@@H](C)[C@@]1(O)[C@@H](O[C@@H]2OC[C@H](O[Si](CC)(CC)CC)[C@H](O[C@@H]3OC[C@@H](O[Si](CC)(CC)CC)[C@H](O[Si](CC)(CC)CC)[C@H]3OC(=O)c3ccc(OC)cc3)[C@H]2OC(C)=O)C[C@H]2[C@@H]3C[C@@H](OC)[C@@]45C[C@@H]4CC[C@]5(C)[C@H]3CC[C@@]21C. The molecule has 0 aromatic heterocycles. The fraction of sp³-hybridized carbons (Fsp3) is 0.847. The quantitative estimate of drug-likeness (QED) is 0.0220. The smallest absolute Gasteiger partial charge is 0.338 e. The van der Waals surface area contributed by atoms with Crippen LogP contribution in [0.2, 0.25) is 54.4 Å². The van der Waals surface area contributed by atoms with Crippen LogP contribution in [0.15, 0.2) is 36.9 Å². The number of fused-ring (bicyclic) bond motifs is 4. The molecule has 8 rings (SSSR count). The lowest BCUT2D eigenvalue weighted by Gasteiger charge is -2.61. The molecule has 7 fully saturated rings. The maximum atomic E-state index is 14.9. The van der Waals surface area contributed by atoms with Crippen LogP contribution in [0.1, 0.15) is 197 Å². The summed E-state index contributed by atoms with van der Waals surface area (Å²) in [6.07, 6.45) is 7.29. The number of methoxy groups -OCH3 is 2. The highest BCUT2D eigenvalue weighted by Crippen LogP contribution is 2.82. The van der Waals surface area contributed by atoms with E-state index in [1.807, 2.05) is 20.1 Å². The largest absolute Gasteiger partial charge is 0.497 e. The standard InChI is InChI=1S/C72H122O16Si3/c1-17-27-28-29-30-31-32-33-34-61(74)79-46-49(11)72(76)60(44-56-54-43-59(78-16)71-45-52(71)39-41-69(71,13)55(54)40-42-70(56,72)14)83-67-64(82-50(12)73)62(57(47-80-67)86-89(18-2,19-3)20-4)85-68-65(84-66(75)51-35-37-53(77-15)38-36-51)63(88-91(24-8,25-9)26-10)58(48-81-68)87-90(21-5,22-6)23-7/h17,35-38,49,52,54-60,62-65,67-68,76H,1,18-34,39-48H2,2-16H3/t49-,52+,54-,55+,56+,57+,58-,59-,60+,62+,63+,64-,65-,67+,68+,69-,70+,71-,72-/m1/s1. The average Bonchev–Trinajstić information content (AvgIpc) is 1.49. The Morgan fingerprint density at radius 3 is 1.75 bits per heavy atom. The van der Waals surface area contributed by atoms with Crippen LogP contribution in [-0.4, -0.2) is 149 Å². The predicted molar refractivity (Wildman–Crippen MR) is 361 cm³/mol. The van der Waals surface area contributed by atoms with Gasteiger partial charge in [-0.05, 0) is 172 Å². The molecular formula is C72H122O16Si3. The molecule has 19 atom stereocenters. The Hall–Kier alpha value is -2.54. The van der Waals surface area contributed by atoms with Crippen LogP contribution in [0.4, 0.5) is 0 Å². The normalized spacial score (nSPS) is 35.7. The number of benzene rings is 1. The van der Waals surface area contributed by atoms with Crippen LogP contribution in [-0.2, 0) is 60.8 Å². The highest BCUT2D eigenvalue weighted by molar-refractivity contribution is 6.74. The van der Waals surface area contributed by atoms with Crippen molar-refractivity contribution in [3.05, 3.63) is 42.5 Å². The number of unbranched alkanes of at least 4 members (excludes halogenated alkanes) is 6. The summed E-state index contributed by atoms with van der Waals surface area (Å²) in [6, 6.07) is 14.4. The molecule has 2 aliphatic heterocycles. The van der Waals surface area contributed by atoms with Gasteiger partial charge in [-0.25, -0.2) is 4.79 Å². The number of ether oxygens (including phenoxy) is 9. The molecule has 16 nitrogen and oxygen atoms in total. The van der Waals surface area contributed by atoms with Gasteiger partial charge < -0.3 is 61.0 Å². The summed E-state index contributed by atoms with van der Waals surface area (Å²) in [6.45, 7) is 31.8. The van der Waals surface area contributed by atoms with Crippen molar-refractivity contribution < 1.29 is 75.4 Å². The van der Waals surface area contributed by atoms with Gasteiger partial charge >= 0.3 is 17.9 Å². The molecule has 5 aliphatic carbocycles. The van der Waals surface area contributed by atoms with Gasteiger partial charge in [0, 0.05) is 37.2 Å². The van der Waals surface area contributed by atoms with Gasteiger partial charge in [0.1, 0.15) is 23.6 Å². The molecule has 1 aromatic carbocycles. The van der Waals surface area contributed by atoms with Crippen molar-refractivity contribution in [2.45, 2.75) is 308 Å². The number of hydrogen-bond donors (Lipinski definition) is 1. The molecule has 2 heterocycles. The second kappa shape index (κ2) is 31.8. The van der Waals surface area contributed by atoms with E-state index >= 15 is 0 Å². The zero-order valence-electron chi connectivity index (χ0n) is 58.9. The Kier molecular flexibility index (Phi) is 25.9. The topological polar surface area (TPSA) is 182 Å². The van der Waals surface area contributed by atoms with Gasteiger partial charge in [-0.2, -0.15) is 0 Å². The van der Waals surface area contributed by atoms with E-state index in [-0.39, 0.29) is 54.6 Å². The third kappa shape index (κ3) is 14.8. The molecule has 0 radical (unpaired) electrons. The number of allylic oxidation sites excluding steroid dienone is 1. The van der Waals surface area contributed by atoms with Gasteiger partial charge in [0.05, 0.1) is 56.9 Å². The second-order valence-electron chi connectivity index (χ2n) is 29.2. The van der Waals surface area contributed by atoms with E-state index in [9.17, 15) is 19.5 Å². The molecule has 2 saturated heterocycles. The molecule has 1 spiro atoms. The lowest BCUT2D eigenvalue weighted by Crippen LogP contribution is -2.66. The first kappa shape index (κ1) is 74.3. The Labute approximate surface area is 551 Å². The summed E-state index contributed by atoms with van der Waals surface area (Å²) in [5.41, 5.74) is -1.60. The summed E-state index contributed by atoms with van der Waals surface area (Å²) in [7, 11) is -3.90. The second-order valence-corrected chi connectivity index (χ2v) is 43.4. The number of carbonyl (C=O) groups is 3. The fourth-order valence-electron chi connectivity index (χ4n) is 19.2. The maximum Gasteiger partial charge on any atom is 0.338 e. The van der Waals surface area contributed by atoms with E-state index in [1.54, 1.807) is 31.4 Å². The Bertz CT molecular complexity index is 2490. The molecule has 19 heteroatoms. The summed E-state index contributed by atoms with van der Waals surface area (Å²) in [5, 5.41) is 14.3. The van der Waals surface area contributed by atoms with E-state index in [0.717, 1.165) is 119 Å². The molecule has 91 heavy (non-hydrogen) atoms. The van der Waals surface area contributed by atoms with Gasteiger partial charge in [-0.1, -0.05) is 115 Å². The summed E-state index contributed by atoms with van der Waals surface area (Å²) >= 11 is 0. The lowest BCUT2D eigenvalue weighted by atomic mass is 9.44. The van der Waals surface area contributed by atoms with Gasteiger partial charge in [0.25, 0.3) is 0 Å². The highest BCUT2D eigenvalue weighted by Gasteiger charge is 2.79. The zero-order valence-corrected chi connectivity index (χ0v) is 61.9. The number of hydrogen-bond acceptors (Lipinski definition) is 16. The maximum absolute atomic E-state index is 14.9. The molecule has 1 aromatic rings. The van der Waals surface area contributed by atoms with Crippen molar-refractivity contribution >= 4 is 42.9 Å². The lowest BCUT2D eigenvalue weighted by molar-refractivity contribution is -0.343. The zero-order chi connectivity index (χ0) is 66.2. The Morgan fingerprint density at radius 1 is 0.659 bits per heavy atom. The van der Waals surface area contributed by atoms with Crippen molar-refractivity contribution in [3.63, 3.8) is 0 Å². The number of esters is 3. The molecule has 0 amide bonds. The van der Waals surface area contributed by atoms with E-state index in [1.165, 1.54) is 26.2 Å². The highest BCUT2D eigenvalue weighted by atomic mass is 28.4. The van der Waals surface area contributed by atoms with Crippen LogP contribution in [0.3, 0.4) is 0 Å². The van der Waals surface area contributed by atoms with Crippen molar-refractivity contribution in [3.8, 4) is 5.75 Å². The van der Waals surface area contributed by atoms with Gasteiger partial charge in [-0.3, -0.25) is 9.59 Å². The summed E-state index contributed by atoms with van der Waals surface area (Å²) in [5.74, 6) is -0.0174. The van der Waals surface area contributed by atoms with Crippen molar-refractivity contribution in [2.24, 2.45) is 45.8 Å². The molecule has 0 bridgehead atoms. The van der Waals surface area contributed by atoms with Gasteiger partial charge in [0.15, 0.2) is 49.7 Å². The molecule has 0 unspecified atom stereocenters. The fourth-order valence-corrected chi connectivity index (χ4v) is 27.7. The Morgan fingerprint density at radius 2 is 1.20 bits per heavy atom. The van der Waals surface area contributed by atoms with E-state index in [0.29, 0.717) is 36.0 Å². The molecular weight excluding hydrogens is 1210 g/mol. The van der Waals surface area contributed by atoms with Crippen LogP contribution in [0.5, 0.6) is 5.75 Å². The monoisotopic (exact) mass is 1330 g/mol. The third-order valence-corrected chi connectivity index (χ3v) is 39.6. The molecule has 518 valence electrons. The van der Waals surface area contributed by atoms with Crippen LogP contribution in [0.25, 0.3) is 0 Å². The first-order valence-electron chi connectivity index (χ1n) is 36.2. The van der Waals surface area contributed by atoms with Gasteiger partial charge in [-0.15, -0.1) is 6.58 Å². The number of rotatable bonds is 36. The Balaban J connectivity index is 1.18.